The molecule has 4 rings (SSSR count). The van der Waals surface area contributed by atoms with E-state index in [9.17, 15) is 14.0 Å². The van der Waals surface area contributed by atoms with Gasteiger partial charge in [-0.2, -0.15) is 0 Å². The van der Waals surface area contributed by atoms with Crippen LogP contribution < -0.4 is 4.90 Å². The molecule has 7 heteroatoms. The van der Waals surface area contributed by atoms with Crippen LogP contribution in [0.3, 0.4) is 0 Å². The van der Waals surface area contributed by atoms with Crippen LogP contribution >= 0.6 is 0 Å². The Hall–Kier alpha value is -2.83. The molecule has 0 saturated carbocycles. The summed E-state index contributed by atoms with van der Waals surface area (Å²) >= 11 is 0. The number of benzene rings is 1. The first-order chi connectivity index (χ1) is 12.1. The van der Waals surface area contributed by atoms with Crippen LogP contribution in [0.4, 0.5) is 10.1 Å². The van der Waals surface area contributed by atoms with E-state index >= 15 is 0 Å². The summed E-state index contributed by atoms with van der Waals surface area (Å²) in [4.78, 5) is 36.3. The molecule has 2 fully saturated rings. The molecule has 0 N–H and O–H groups in total. The Balaban J connectivity index is 1.51. The summed E-state index contributed by atoms with van der Waals surface area (Å²) in [5.41, 5.74) is 0.604. The third-order valence-corrected chi connectivity index (χ3v) is 4.95. The molecule has 3 heterocycles. The molecule has 128 valence electrons. The summed E-state index contributed by atoms with van der Waals surface area (Å²) in [6, 6.07) is 6.06. The van der Waals surface area contributed by atoms with Crippen molar-refractivity contribution in [1.82, 2.24) is 14.9 Å². The van der Waals surface area contributed by atoms with Gasteiger partial charge in [0.2, 0.25) is 5.91 Å². The van der Waals surface area contributed by atoms with E-state index in [-0.39, 0.29) is 23.0 Å². The molecule has 0 aliphatic carbocycles. The van der Waals surface area contributed by atoms with Gasteiger partial charge in [0.1, 0.15) is 11.5 Å². The van der Waals surface area contributed by atoms with Crippen molar-refractivity contribution < 1.29 is 14.0 Å². The second-order valence-electron chi connectivity index (χ2n) is 6.70. The highest BCUT2D eigenvalue weighted by molar-refractivity contribution is 5.97. The normalized spacial score (nSPS) is 22.8. The molecular formula is C18H17FN4O2. The van der Waals surface area contributed by atoms with Crippen LogP contribution in [0.15, 0.2) is 42.9 Å². The highest BCUT2D eigenvalue weighted by atomic mass is 19.1. The average molecular weight is 340 g/mol. The fourth-order valence-electron chi connectivity index (χ4n) is 3.73. The predicted molar refractivity (Wildman–Crippen MR) is 88.4 cm³/mol. The van der Waals surface area contributed by atoms with Crippen LogP contribution in [-0.2, 0) is 4.79 Å². The third kappa shape index (κ3) is 2.86. The number of aromatic nitrogens is 2. The number of amides is 2. The molecule has 6 nitrogen and oxygen atoms in total. The molecule has 0 bridgehead atoms. The number of hydrogen-bond donors (Lipinski definition) is 0. The minimum absolute atomic E-state index is 0.0283. The summed E-state index contributed by atoms with van der Waals surface area (Å²) < 4.78 is 13.5. The molecule has 2 amide bonds. The Bertz CT molecular complexity index is 829. The fourth-order valence-corrected chi connectivity index (χ4v) is 3.73. The molecule has 0 radical (unpaired) electrons. The number of hydrogen-bond acceptors (Lipinski definition) is 4. The van der Waals surface area contributed by atoms with Gasteiger partial charge in [0.15, 0.2) is 0 Å². The zero-order valence-corrected chi connectivity index (χ0v) is 13.6. The first-order valence-corrected chi connectivity index (χ1v) is 8.18. The van der Waals surface area contributed by atoms with Crippen molar-refractivity contribution in [3.05, 3.63) is 54.4 Å². The quantitative estimate of drug-likeness (QED) is 0.837. The van der Waals surface area contributed by atoms with Crippen molar-refractivity contribution in [2.75, 3.05) is 24.5 Å². The summed E-state index contributed by atoms with van der Waals surface area (Å²) in [7, 11) is 0. The minimum atomic E-state index is -0.364. The number of likely N-dealkylation sites (tertiary alicyclic amines) is 1. The van der Waals surface area contributed by atoms with E-state index in [1.807, 2.05) is 0 Å². The first kappa shape index (κ1) is 15.7. The van der Waals surface area contributed by atoms with E-state index in [2.05, 4.69) is 9.97 Å². The lowest BCUT2D eigenvalue weighted by Gasteiger charge is -2.24. The van der Waals surface area contributed by atoms with Crippen molar-refractivity contribution in [2.45, 2.75) is 12.8 Å². The Kier molecular flexibility index (Phi) is 3.71. The predicted octanol–water partition coefficient (Wildman–Crippen LogP) is 1.88. The van der Waals surface area contributed by atoms with Gasteiger partial charge in [-0.3, -0.25) is 14.6 Å². The fraction of sp³-hybridized carbons (Fsp3) is 0.333. The largest absolute Gasteiger partial charge is 0.337 e. The second kappa shape index (κ2) is 5.91. The number of carbonyl (C=O) groups excluding carboxylic acids is 2. The number of carbonyl (C=O) groups is 2. The van der Waals surface area contributed by atoms with Crippen LogP contribution in [0.2, 0.25) is 0 Å². The SMILES string of the molecule is O=C(c1cnccn1)N1CCC2(CC(=O)N(c3cccc(F)c3)C2)C1. The summed E-state index contributed by atoms with van der Waals surface area (Å²) in [5, 5.41) is 0. The van der Waals surface area contributed by atoms with Crippen LogP contribution in [0.1, 0.15) is 23.3 Å². The molecular weight excluding hydrogens is 323 g/mol. The van der Waals surface area contributed by atoms with Gasteiger partial charge in [0.05, 0.1) is 6.20 Å². The van der Waals surface area contributed by atoms with Crippen molar-refractivity contribution in [3.63, 3.8) is 0 Å². The molecule has 1 spiro atoms. The van der Waals surface area contributed by atoms with Gasteiger partial charge in [-0.25, -0.2) is 9.37 Å². The molecule has 1 unspecified atom stereocenters. The standard InChI is InChI=1S/C18H17FN4O2/c19-13-2-1-3-14(8-13)23-12-18(9-16(23)24)4-7-22(11-18)17(25)15-10-20-5-6-21-15/h1-3,5-6,8,10H,4,7,9,11-12H2. The zero-order chi connectivity index (χ0) is 17.4. The highest BCUT2D eigenvalue weighted by Crippen LogP contribution is 2.42. The van der Waals surface area contributed by atoms with Crippen LogP contribution in [-0.4, -0.2) is 46.3 Å². The maximum absolute atomic E-state index is 13.5. The molecule has 1 aromatic heterocycles. The summed E-state index contributed by atoms with van der Waals surface area (Å²) in [5.74, 6) is -0.557. The van der Waals surface area contributed by atoms with E-state index in [1.54, 1.807) is 21.9 Å². The van der Waals surface area contributed by atoms with Crippen LogP contribution in [0, 0.1) is 11.2 Å². The maximum Gasteiger partial charge on any atom is 0.274 e. The Labute approximate surface area is 144 Å². The van der Waals surface area contributed by atoms with Gasteiger partial charge in [-0.15, -0.1) is 0 Å². The van der Waals surface area contributed by atoms with Crippen LogP contribution in [0.25, 0.3) is 0 Å². The van der Waals surface area contributed by atoms with Gasteiger partial charge < -0.3 is 9.80 Å². The average Bonchev–Trinajstić information content (AvgIpc) is 3.18. The summed E-state index contributed by atoms with van der Waals surface area (Å²) in [6.07, 6.45) is 5.58. The first-order valence-electron chi connectivity index (χ1n) is 8.18. The van der Waals surface area contributed by atoms with Crippen molar-refractivity contribution in [1.29, 1.82) is 0 Å². The molecule has 2 aliphatic heterocycles. The van der Waals surface area contributed by atoms with Gasteiger partial charge in [-0.1, -0.05) is 6.07 Å². The van der Waals surface area contributed by atoms with Crippen molar-refractivity contribution in [2.24, 2.45) is 5.41 Å². The number of anilines is 1. The van der Waals surface area contributed by atoms with E-state index in [4.69, 9.17) is 0 Å². The monoisotopic (exact) mass is 340 g/mol. The van der Waals surface area contributed by atoms with Crippen LogP contribution in [0.5, 0.6) is 0 Å². The topological polar surface area (TPSA) is 66.4 Å². The van der Waals surface area contributed by atoms with Crippen molar-refractivity contribution in [3.8, 4) is 0 Å². The molecule has 1 aromatic carbocycles. The Morgan fingerprint density at radius 3 is 2.88 bits per heavy atom. The number of nitrogens with zero attached hydrogens (tertiary/aromatic N) is 4. The molecule has 2 saturated heterocycles. The van der Waals surface area contributed by atoms with Gasteiger partial charge >= 0.3 is 0 Å². The second-order valence-corrected chi connectivity index (χ2v) is 6.70. The molecule has 1 atom stereocenters. The maximum atomic E-state index is 13.5. The minimum Gasteiger partial charge on any atom is -0.337 e. The zero-order valence-electron chi connectivity index (χ0n) is 13.6. The third-order valence-electron chi connectivity index (χ3n) is 4.95. The smallest absolute Gasteiger partial charge is 0.274 e. The van der Waals surface area contributed by atoms with E-state index in [0.717, 1.165) is 6.42 Å². The van der Waals surface area contributed by atoms with Gasteiger partial charge in [0.25, 0.3) is 5.91 Å². The van der Waals surface area contributed by atoms with Crippen molar-refractivity contribution >= 4 is 17.5 Å². The molecule has 2 aromatic rings. The Morgan fingerprint density at radius 2 is 2.12 bits per heavy atom. The highest BCUT2D eigenvalue weighted by Gasteiger charge is 2.49. The number of halogens is 1. The molecule has 2 aliphatic rings. The van der Waals surface area contributed by atoms with Gasteiger partial charge in [-0.05, 0) is 24.6 Å². The van der Waals surface area contributed by atoms with E-state index < -0.39 is 0 Å². The lowest BCUT2D eigenvalue weighted by molar-refractivity contribution is -0.117. The number of rotatable bonds is 2. The lowest BCUT2D eigenvalue weighted by atomic mass is 9.86. The Morgan fingerprint density at radius 1 is 1.24 bits per heavy atom. The molecule has 25 heavy (non-hydrogen) atoms. The van der Waals surface area contributed by atoms with E-state index in [1.165, 1.54) is 30.7 Å². The van der Waals surface area contributed by atoms with Gasteiger partial charge in [0, 0.05) is 49.6 Å². The summed E-state index contributed by atoms with van der Waals surface area (Å²) in [6.45, 7) is 1.58. The van der Waals surface area contributed by atoms with E-state index in [0.29, 0.717) is 37.4 Å². The lowest BCUT2D eigenvalue weighted by Crippen LogP contribution is -2.34.